The minimum atomic E-state index is -0.172. The summed E-state index contributed by atoms with van der Waals surface area (Å²) in [5, 5.41) is 12.9. The zero-order valence-electron chi connectivity index (χ0n) is 17.9. The molecule has 4 rings (SSSR count). The van der Waals surface area contributed by atoms with Gasteiger partial charge in [-0.05, 0) is 62.4 Å². The number of anilines is 1. The van der Waals surface area contributed by atoms with Gasteiger partial charge in [-0.3, -0.25) is 9.69 Å². The Labute approximate surface area is 179 Å². The Morgan fingerprint density at radius 1 is 1.00 bits per heavy atom. The fourth-order valence-corrected chi connectivity index (χ4v) is 4.52. The van der Waals surface area contributed by atoms with Gasteiger partial charge >= 0.3 is 0 Å². The van der Waals surface area contributed by atoms with Gasteiger partial charge in [-0.2, -0.15) is 0 Å². The summed E-state index contributed by atoms with van der Waals surface area (Å²) < 4.78 is 0. The Hall–Kier alpha value is -2.37. The molecular formula is C25H33N3O2. The summed E-state index contributed by atoms with van der Waals surface area (Å²) in [6, 6.07) is 16.8. The van der Waals surface area contributed by atoms with E-state index in [4.69, 9.17) is 0 Å². The zero-order valence-corrected chi connectivity index (χ0v) is 17.9. The summed E-state index contributed by atoms with van der Waals surface area (Å²) in [6.45, 7) is 6.88. The van der Waals surface area contributed by atoms with E-state index >= 15 is 0 Å². The van der Waals surface area contributed by atoms with Crippen LogP contribution in [0.5, 0.6) is 0 Å². The highest BCUT2D eigenvalue weighted by Crippen LogP contribution is 2.21. The van der Waals surface area contributed by atoms with Crippen LogP contribution in [0.2, 0.25) is 0 Å². The standard InChI is InChI=1S/C25H33N3O2/c1-19-3-2-4-20(17-19)18-27-13-9-22(10-14-27)26-25(30)21-5-7-23(8-6-21)28-15-11-24(29)12-16-28/h2-8,17,22,24,29H,9-16,18H2,1H3,(H,26,30). The molecule has 0 saturated carbocycles. The largest absolute Gasteiger partial charge is 0.393 e. The number of aliphatic hydroxyl groups excluding tert-OH is 1. The van der Waals surface area contributed by atoms with Crippen LogP contribution in [0, 0.1) is 6.92 Å². The highest BCUT2D eigenvalue weighted by Gasteiger charge is 2.22. The van der Waals surface area contributed by atoms with Crippen LogP contribution in [-0.2, 0) is 6.54 Å². The van der Waals surface area contributed by atoms with Crippen molar-refractivity contribution in [1.29, 1.82) is 0 Å². The molecule has 2 saturated heterocycles. The van der Waals surface area contributed by atoms with Crippen molar-refractivity contribution < 1.29 is 9.90 Å². The van der Waals surface area contributed by atoms with Crippen molar-refractivity contribution in [3.8, 4) is 0 Å². The lowest BCUT2D eigenvalue weighted by Gasteiger charge is -2.32. The second-order valence-electron chi connectivity index (χ2n) is 8.78. The molecule has 0 atom stereocenters. The van der Waals surface area contributed by atoms with Crippen LogP contribution in [0.3, 0.4) is 0 Å². The van der Waals surface area contributed by atoms with Crippen molar-refractivity contribution in [2.45, 2.75) is 51.3 Å². The first-order chi connectivity index (χ1) is 14.6. The number of carbonyl (C=O) groups is 1. The quantitative estimate of drug-likeness (QED) is 0.798. The number of nitrogens with one attached hydrogen (secondary N) is 1. The van der Waals surface area contributed by atoms with E-state index in [9.17, 15) is 9.90 Å². The van der Waals surface area contributed by atoms with Crippen LogP contribution < -0.4 is 10.2 Å². The summed E-state index contributed by atoms with van der Waals surface area (Å²) in [4.78, 5) is 17.4. The maximum atomic E-state index is 12.7. The van der Waals surface area contributed by atoms with Crippen LogP contribution in [0.1, 0.15) is 47.2 Å². The van der Waals surface area contributed by atoms with E-state index in [2.05, 4.69) is 46.3 Å². The Bertz CT molecular complexity index is 836. The van der Waals surface area contributed by atoms with Gasteiger partial charge in [-0.1, -0.05) is 29.8 Å². The molecule has 5 nitrogen and oxygen atoms in total. The molecule has 2 fully saturated rings. The smallest absolute Gasteiger partial charge is 0.251 e. The number of amides is 1. The predicted octanol–water partition coefficient (Wildman–Crippen LogP) is 3.35. The Kier molecular flexibility index (Phi) is 6.70. The van der Waals surface area contributed by atoms with Crippen molar-refractivity contribution in [1.82, 2.24) is 10.2 Å². The van der Waals surface area contributed by atoms with E-state index in [-0.39, 0.29) is 18.1 Å². The van der Waals surface area contributed by atoms with Gasteiger partial charge in [0.25, 0.3) is 5.91 Å². The summed E-state index contributed by atoms with van der Waals surface area (Å²) in [7, 11) is 0. The fourth-order valence-electron chi connectivity index (χ4n) is 4.52. The van der Waals surface area contributed by atoms with Crippen LogP contribution in [-0.4, -0.2) is 54.2 Å². The Morgan fingerprint density at radius 3 is 2.37 bits per heavy atom. The van der Waals surface area contributed by atoms with E-state index in [0.717, 1.165) is 69.7 Å². The van der Waals surface area contributed by atoms with Crippen molar-refractivity contribution in [2.24, 2.45) is 0 Å². The summed E-state index contributed by atoms with van der Waals surface area (Å²) in [5.74, 6) is 0.0211. The first-order valence-corrected chi connectivity index (χ1v) is 11.2. The van der Waals surface area contributed by atoms with Gasteiger partial charge < -0.3 is 15.3 Å². The molecule has 1 amide bonds. The highest BCUT2D eigenvalue weighted by molar-refractivity contribution is 5.94. The maximum Gasteiger partial charge on any atom is 0.251 e. The van der Waals surface area contributed by atoms with Crippen LogP contribution >= 0.6 is 0 Å². The molecule has 2 heterocycles. The summed E-state index contributed by atoms with van der Waals surface area (Å²) >= 11 is 0. The number of aliphatic hydroxyl groups is 1. The van der Waals surface area contributed by atoms with Gasteiger partial charge in [0.15, 0.2) is 0 Å². The average molecular weight is 408 g/mol. The summed E-state index contributed by atoms with van der Waals surface area (Å²) in [6.07, 6.45) is 3.43. The number of nitrogens with zero attached hydrogens (tertiary/aromatic N) is 2. The Morgan fingerprint density at radius 2 is 1.70 bits per heavy atom. The van der Waals surface area contributed by atoms with Gasteiger partial charge in [0.1, 0.15) is 0 Å². The van der Waals surface area contributed by atoms with Crippen molar-refractivity contribution in [2.75, 3.05) is 31.1 Å². The van der Waals surface area contributed by atoms with Crippen molar-refractivity contribution >= 4 is 11.6 Å². The molecule has 30 heavy (non-hydrogen) atoms. The molecule has 2 aliphatic heterocycles. The lowest BCUT2D eigenvalue weighted by Crippen LogP contribution is -2.44. The molecule has 0 bridgehead atoms. The third-order valence-corrected chi connectivity index (χ3v) is 6.37. The predicted molar refractivity (Wildman–Crippen MR) is 121 cm³/mol. The van der Waals surface area contributed by atoms with E-state index in [1.807, 2.05) is 24.3 Å². The van der Waals surface area contributed by atoms with Gasteiger partial charge in [0.2, 0.25) is 0 Å². The number of rotatable bonds is 5. The lowest BCUT2D eigenvalue weighted by atomic mass is 10.0. The topological polar surface area (TPSA) is 55.8 Å². The number of hydrogen-bond donors (Lipinski definition) is 2. The van der Waals surface area contributed by atoms with E-state index < -0.39 is 0 Å². The third-order valence-electron chi connectivity index (χ3n) is 6.37. The lowest BCUT2D eigenvalue weighted by molar-refractivity contribution is 0.0909. The number of hydrogen-bond acceptors (Lipinski definition) is 4. The van der Waals surface area contributed by atoms with E-state index in [1.165, 1.54) is 11.1 Å². The minimum Gasteiger partial charge on any atom is -0.393 e. The van der Waals surface area contributed by atoms with Gasteiger partial charge in [0.05, 0.1) is 6.10 Å². The molecule has 2 N–H and O–H groups in total. The van der Waals surface area contributed by atoms with Crippen LogP contribution in [0.15, 0.2) is 48.5 Å². The summed E-state index contributed by atoms with van der Waals surface area (Å²) in [5.41, 5.74) is 4.51. The molecule has 0 unspecified atom stereocenters. The second-order valence-corrected chi connectivity index (χ2v) is 8.78. The molecule has 0 aliphatic carbocycles. The fraction of sp³-hybridized carbons (Fsp3) is 0.480. The van der Waals surface area contributed by atoms with Gasteiger partial charge in [0, 0.05) is 50.0 Å². The van der Waals surface area contributed by atoms with E-state index in [1.54, 1.807) is 0 Å². The normalized spacial score (nSPS) is 19.1. The molecule has 0 radical (unpaired) electrons. The first kappa shape index (κ1) is 20.9. The van der Waals surface area contributed by atoms with Crippen molar-refractivity contribution in [3.05, 3.63) is 65.2 Å². The average Bonchev–Trinajstić information content (AvgIpc) is 2.76. The Balaban J connectivity index is 1.24. The van der Waals surface area contributed by atoms with Crippen molar-refractivity contribution in [3.63, 3.8) is 0 Å². The number of carbonyl (C=O) groups excluding carboxylic acids is 1. The van der Waals surface area contributed by atoms with Crippen LogP contribution in [0.25, 0.3) is 0 Å². The number of likely N-dealkylation sites (tertiary alicyclic amines) is 1. The van der Waals surface area contributed by atoms with E-state index in [0.29, 0.717) is 0 Å². The van der Waals surface area contributed by atoms with Gasteiger partial charge in [-0.25, -0.2) is 0 Å². The number of piperidine rings is 2. The van der Waals surface area contributed by atoms with Crippen LogP contribution in [0.4, 0.5) is 5.69 Å². The molecule has 2 aromatic rings. The maximum absolute atomic E-state index is 12.7. The second kappa shape index (κ2) is 9.63. The highest BCUT2D eigenvalue weighted by atomic mass is 16.3. The third kappa shape index (κ3) is 5.41. The molecule has 0 spiro atoms. The molecule has 160 valence electrons. The first-order valence-electron chi connectivity index (χ1n) is 11.2. The number of aryl methyl sites for hydroxylation is 1. The van der Waals surface area contributed by atoms with Gasteiger partial charge in [-0.15, -0.1) is 0 Å². The number of benzene rings is 2. The molecule has 5 heteroatoms. The molecule has 2 aliphatic rings. The minimum absolute atomic E-state index is 0.0211. The monoisotopic (exact) mass is 407 g/mol. The molecular weight excluding hydrogens is 374 g/mol. The zero-order chi connectivity index (χ0) is 20.9. The SMILES string of the molecule is Cc1cccc(CN2CCC(NC(=O)c3ccc(N4CCC(O)CC4)cc3)CC2)c1. The molecule has 0 aromatic heterocycles. The molecule has 2 aromatic carbocycles.